The highest BCUT2D eigenvalue weighted by molar-refractivity contribution is 9.11. The minimum Gasteiger partial charge on any atom is -0.481 e. The van der Waals surface area contributed by atoms with Crippen LogP contribution in [0.25, 0.3) is 0 Å². The predicted octanol–water partition coefficient (Wildman–Crippen LogP) is 1.38. The number of hydrogen-bond donors (Lipinski definition) is 2. The molecule has 0 bridgehead atoms. The Hall–Kier alpha value is -0.460. The van der Waals surface area contributed by atoms with Crippen molar-refractivity contribution in [1.29, 1.82) is 0 Å². The molecule has 0 aliphatic heterocycles. The largest absolute Gasteiger partial charge is 0.481 e. The van der Waals surface area contributed by atoms with Crippen molar-refractivity contribution >= 4 is 33.2 Å². The van der Waals surface area contributed by atoms with E-state index in [1.807, 2.05) is 0 Å². The van der Waals surface area contributed by atoms with E-state index < -0.39 is 17.5 Å². The molecule has 0 radical (unpaired) electrons. The van der Waals surface area contributed by atoms with Crippen LogP contribution >= 0.6 is 27.3 Å². The Morgan fingerprint density at radius 3 is 2.71 bits per heavy atom. The van der Waals surface area contributed by atoms with Gasteiger partial charge in [0.2, 0.25) is 0 Å². The maximum Gasteiger partial charge on any atom is 0.316 e. The number of carbonyl (C=O) groups is 1. The molecule has 0 amide bonds. The fourth-order valence-electron chi connectivity index (χ4n) is 1.66. The molecule has 2 N–H and O–H groups in total. The quantitative estimate of drug-likeness (QED) is 0.857. The molecule has 14 heavy (non-hydrogen) atoms. The highest BCUT2D eigenvalue weighted by Crippen LogP contribution is 2.46. The standard InChI is InChI=1S/C8H8BrNO3S/c9-5-3-10-6(14-5)8(7(12)13)1-4(11)2-8/h3-4,11H,1-2H2,(H,12,13). The number of aromatic nitrogens is 1. The first-order valence-corrected chi connectivity index (χ1v) is 5.69. The van der Waals surface area contributed by atoms with E-state index in [4.69, 9.17) is 5.11 Å². The zero-order chi connectivity index (χ0) is 10.3. The monoisotopic (exact) mass is 277 g/mol. The van der Waals surface area contributed by atoms with E-state index in [-0.39, 0.29) is 12.8 Å². The third kappa shape index (κ3) is 1.37. The lowest BCUT2D eigenvalue weighted by atomic mass is 9.67. The fraction of sp³-hybridized carbons (Fsp3) is 0.500. The van der Waals surface area contributed by atoms with Gasteiger partial charge in [-0.1, -0.05) is 0 Å². The summed E-state index contributed by atoms with van der Waals surface area (Å²) >= 11 is 4.56. The number of carboxylic acid groups (broad SMARTS) is 1. The van der Waals surface area contributed by atoms with Crippen molar-refractivity contribution in [2.45, 2.75) is 24.4 Å². The Balaban J connectivity index is 2.34. The van der Waals surface area contributed by atoms with Crippen molar-refractivity contribution in [3.63, 3.8) is 0 Å². The molecule has 4 nitrogen and oxygen atoms in total. The van der Waals surface area contributed by atoms with Gasteiger partial charge in [0, 0.05) is 0 Å². The summed E-state index contributed by atoms with van der Waals surface area (Å²) in [4.78, 5) is 15.1. The molecule has 1 heterocycles. The van der Waals surface area contributed by atoms with Crippen LogP contribution < -0.4 is 0 Å². The van der Waals surface area contributed by atoms with Crippen LogP contribution in [0.2, 0.25) is 0 Å². The van der Waals surface area contributed by atoms with Gasteiger partial charge in [-0.15, -0.1) is 11.3 Å². The van der Waals surface area contributed by atoms with E-state index in [9.17, 15) is 9.90 Å². The molecule has 2 rings (SSSR count). The number of halogens is 1. The second-order valence-corrected chi connectivity index (χ2v) is 5.83. The lowest BCUT2D eigenvalue weighted by Crippen LogP contribution is -2.50. The van der Waals surface area contributed by atoms with Crippen molar-refractivity contribution < 1.29 is 15.0 Å². The van der Waals surface area contributed by atoms with Crippen LogP contribution in [0.5, 0.6) is 0 Å². The summed E-state index contributed by atoms with van der Waals surface area (Å²) in [6.45, 7) is 0. The summed E-state index contributed by atoms with van der Waals surface area (Å²) in [5, 5.41) is 18.9. The molecule has 76 valence electrons. The summed E-state index contributed by atoms with van der Waals surface area (Å²) < 4.78 is 0.814. The number of aliphatic carboxylic acids is 1. The normalized spacial score (nSPS) is 31.1. The number of rotatable bonds is 2. The summed E-state index contributed by atoms with van der Waals surface area (Å²) in [6.07, 6.45) is 1.62. The lowest BCUT2D eigenvalue weighted by molar-refractivity contribution is -0.152. The predicted molar refractivity (Wildman–Crippen MR) is 54.4 cm³/mol. The van der Waals surface area contributed by atoms with Crippen LogP contribution in [0.4, 0.5) is 0 Å². The van der Waals surface area contributed by atoms with E-state index in [2.05, 4.69) is 20.9 Å². The van der Waals surface area contributed by atoms with Crippen LogP contribution in [0.1, 0.15) is 17.8 Å². The third-order valence-electron chi connectivity index (χ3n) is 2.46. The maximum atomic E-state index is 11.1. The number of aliphatic hydroxyl groups is 1. The Morgan fingerprint density at radius 1 is 1.71 bits per heavy atom. The van der Waals surface area contributed by atoms with Crippen molar-refractivity contribution in [2.24, 2.45) is 0 Å². The molecule has 0 saturated heterocycles. The summed E-state index contributed by atoms with van der Waals surface area (Å²) in [6, 6.07) is 0. The fourth-order valence-corrected chi connectivity index (χ4v) is 3.07. The number of carboxylic acids is 1. The van der Waals surface area contributed by atoms with Crippen molar-refractivity contribution in [2.75, 3.05) is 0 Å². The SMILES string of the molecule is O=C(O)C1(c2ncc(Br)s2)CC(O)C1. The zero-order valence-corrected chi connectivity index (χ0v) is 9.51. The van der Waals surface area contributed by atoms with Gasteiger partial charge in [0.15, 0.2) is 0 Å². The minimum atomic E-state index is -0.948. The summed E-state index contributed by atoms with van der Waals surface area (Å²) in [7, 11) is 0. The van der Waals surface area contributed by atoms with E-state index in [0.29, 0.717) is 5.01 Å². The molecule has 0 spiro atoms. The van der Waals surface area contributed by atoms with Crippen LogP contribution in [0.15, 0.2) is 9.98 Å². The number of thiazole rings is 1. The topological polar surface area (TPSA) is 70.4 Å². The van der Waals surface area contributed by atoms with Gasteiger partial charge >= 0.3 is 5.97 Å². The Bertz CT molecular complexity index is 372. The van der Waals surface area contributed by atoms with Crippen molar-refractivity contribution in [3.8, 4) is 0 Å². The van der Waals surface area contributed by atoms with Crippen LogP contribution in [-0.2, 0) is 10.2 Å². The van der Waals surface area contributed by atoms with Gasteiger partial charge in [0.1, 0.15) is 10.4 Å². The van der Waals surface area contributed by atoms with Gasteiger partial charge < -0.3 is 10.2 Å². The summed E-state index contributed by atoms with van der Waals surface area (Å²) in [5.41, 5.74) is -0.948. The molecule has 1 aromatic rings. The molecule has 1 aliphatic rings. The molecule has 6 heteroatoms. The molecule has 1 aromatic heterocycles. The van der Waals surface area contributed by atoms with Crippen LogP contribution in [0, 0.1) is 0 Å². The third-order valence-corrected chi connectivity index (χ3v) is 4.14. The van der Waals surface area contributed by atoms with Gasteiger partial charge in [-0.2, -0.15) is 0 Å². The highest BCUT2D eigenvalue weighted by Gasteiger charge is 2.53. The number of hydrogen-bond acceptors (Lipinski definition) is 4. The second kappa shape index (κ2) is 3.29. The second-order valence-electron chi connectivity index (χ2n) is 3.42. The zero-order valence-electron chi connectivity index (χ0n) is 7.11. The molecule has 1 fully saturated rings. The molecule has 0 unspecified atom stereocenters. The first kappa shape index (κ1) is 10.1. The first-order valence-electron chi connectivity index (χ1n) is 4.08. The van der Waals surface area contributed by atoms with Gasteiger partial charge in [0.25, 0.3) is 0 Å². The van der Waals surface area contributed by atoms with Gasteiger partial charge in [-0.25, -0.2) is 4.98 Å². The average Bonchev–Trinajstić information content (AvgIpc) is 2.45. The smallest absolute Gasteiger partial charge is 0.316 e. The average molecular weight is 278 g/mol. The number of aliphatic hydroxyl groups excluding tert-OH is 1. The lowest BCUT2D eigenvalue weighted by Gasteiger charge is -2.39. The number of nitrogens with zero attached hydrogens (tertiary/aromatic N) is 1. The first-order chi connectivity index (χ1) is 6.54. The van der Waals surface area contributed by atoms with E-state index in [0.717, 1.165) is 3.79 Å². The van der Waals surface area contributed by atoms with Crippen molar-refractivity contribution in [3.05, 3.63) is 15.0 Å². The van der Waals surface area contributed by atoms with Gasteiger partial charge in [0.05, 0.1) is 16.1 Å². The molecule has 0 aromatic carbocycles. The Morgan fingerprint density at radius 2 is 2.36 bits per heavy atom. The minimum absolute atomic E-state index is 0.266. The van der Waals surface area contributed by atoms with Gasteiger partial charge in [-0.3, -0.25) is 4.79 Å². The van der Waals surface area contributed by atoms with Crippen LogP contribution in [-0.4, -0.2) is 27.3 Å². The van der Waals surface area contributed by atoms with E-state index in [1.54, 1.807) is 6.20 Å². The molecular formula is C8H8BrNO3S. The van der Waals surface area contributed by atoms with Gasteiger partial charge in [-0.05, 0) is 28.8 Å². The Kier molecular flexibility index (Phi) is 2.36. The molecule has 0 atom stereocenters. The molecular weight excluding hydrogens is 270 g/mol. The molecule has 1 saturated carbocycles. The maximum absolute atomic E-state index is 11.1. The van der Waals surface area contributed by atoms with Crippen LogP contribution in [0.3, 0.4) is 0 Å². The molecule has 1 aliphatic carbocycles. The van der Waals surface area contributed by atoms with E-state index in [1.165, 1.54) is 11.3 Å². The Labute approximate surface area is 92.7 Å². The summed E-state index contributed by atoms with van der Waals surface area (Å²) in [5.74, 6) is -0.898. The van der Waals surface area contributed by atoms with Crippen molar-refractivity contribution in [1.82, 2.24) is 4.98 Å². The highest BCUT2D eigenvalue weighted by atomic mass is 79.9. The van der Waals surface area contributed by atoms with E-state index >= 15 is 0 Å².